The smallest absolute Gasteiger partial charge is 0.407 e. The van der Waals surface area contributed by atoms with Crippen LogP contribution in [0.3, 0.4) is 0 Å². The van der Waals surface area contributed by atoms with Gasteiger partial charge < -0.3 is 33.1 Å². The van der Waals surface area contributed by atoms with Crippen LogP contribution in [0.15, 0.2) is 4.99 Å². The van der Waals surface area contributed by atoms with Gasteiger partial charge in [0.25, 0.3) is 6.26 Å². The van der Waals surface area contributed by atoms with Gasteiger partial charge in [0, 0.05) is 13.1 Å². The zero-order valence-corrected chi connectivity index (χ0v) is 34.6. The summed E-state index contributed by atoms with van der Waals surface area (Å²) in [4.78, 5) is 37.2. The van der Waals surface area contributed by atoms with Crippen LogP contribution in [-0.4, -0.2) is 82.9 Å². The van der Waals surface area contributed by atoms with E-state index in [1.807, 2.05) is 0 Å². The lowest BCUT2D eigenvalue weighted by molar-refractivity contribution is 0.143. The fourth-order valence-electron chi connectivity index (χ4n) is 5.69. The van der Waals surface area contributed by atoms with Gasteiger partial charge in [-0.15, -0.1) is 0 Å². The zero-order chi connectivity index (χ0) is 36.7. The lowest BCUT2D eigenvalue weighted by Crippen LogP contribution is -2.52. The van der Waals surface area contributed by atoms with E-state index < -0.39 is 25.2 Å². The summed E-state index contributed by atoms with van der Waals surface area (Å²) in [5.41, 5.74) is 0. The van der Waals surface area contributed by atoms with Crippen molar-refractivity contribution >= 4 is 43.5 Å². The Bertz CT molecular complexity index is 960. The van der Waals surface area contributed by atoms with E-state index >= 15 is 0 Å². The van der Waals surface area contributed by atoms with Crippen LogP contribution in [0.1, 0.15) is 103 Å². The molecule has 0 aromatic carbocycles. The minimum absolute atomic E-state index is 0.348. The molecule has 0 atom stereocenters. The van der Waals surface area contributed by atoms with Crippen LogP contribution in [0.5, 0.6) is 0 Å². The summed E-state index contributed by atoms with van der Waals surface area (Å²) in [5, 5.41) is 13.9. The van der Waals surface area contributed by atoms with Crippen LogP contribution in [0, 0.1) is 11.5 Å². The van der Waals surface area contributed by atoms with Crippen LogP contribution < -0.4 is 10.6 Å². The Balaban J connectivity index is 3.92. The van der Waals surface area contributed by atoms with E-state index in [1.54, 1.807) is 12.3 Å². The zero-order valence-electron chi connectivity index (χ0n) is 31.6. The second-order valence-electron chi connectivity index (χ2n) is 14.3. The van der Waals surface area contributed by atoms with Gasteiger partial charge in [0.1, 0.15) is 6.61 Å². The highest BCUT2D eigenvalue weighted by Crippen LogP contribution is 2.27. The topological polar surface area (TPSA) is 158 Å². The van der Waals surface area contributed by atoms with E-state index in [-0.39, 0.29) is 12.2 Å². The van der Waals surface area contributed by atoms with Crippen molar-refractivity contribution in [3.05, 3.63) is 0 Å². The van der Waals surface area contributed by atoms with Crippen LogP contribution in [0.25, 0.3) is 0 Å². The number of nitrogens with zero attached hydrogens (tertiary/aromatic N) is 2. The first-order valence-electron chi connectivity index (χ1n) is 18.6. The highest BCUT2D eigenvalue weighted by molar-refractivity contribution is 6.87. The molecule has 0 aromatic rings. The molecule has 12 nitrogen and oxygen atoms in total. The maximum absolute atomic E-state index is 11.8. The number of amides is 2. The van der Waals surface area contributed by atoms with Crippen molar-refractivity contribution in [2.75, 3.05) is 39.5 Å². The van der Waals surface area contributed by atoms with E-state index in [1.165, 1.54) is 0 Å². The SMILES string of the molecule is C[Si](C)(CCCCCCOC(=O)NCCCCCCN=C=O)O[Si](C)(C)O[Si](C)(C)CCCCCCOC(=O)NCCCCCCOC#N. The Morgan fingerprint density at radius 2 is 1.00 bits per heavy atom. The van der Waals surface area contributed by atoms with Gasteiger partial charge >= 0.3 is 20.7 Å². The van der Waals surface area contributed by atoms with Gasteiger partial charge in [-0.05, 0) is 96.3 Å². The third kappa shape index (κ3) is 32.7. The van der Waals surface area contributed by atoms with Gasteiger partial charge in [-0.1, -0.05) is 57.8 Å². The maximum Gasteiger partial charge on any atom is 0.407 e. The Labute approximate surface area is 300 Å². The molecular formula is C34H68N4O8Si3. The van der Waals surface area contributed by atoms with Crippen molar-refractivity contribution in [3.63, 3.8) is 0 Å². The fourth-order valence-corrected chi connectivity index (χ4v) is 19.9. The third-order valence-electron chi connectivity index (χ3n) is 7.89. The summed E-state index contributed by atoms with van der Waals surface area (Å²) in [6.07, 6.45) is 18.1. The molecule has 0 spiro atoms. The van der Waals surface area contributed by atoms with Crippen molar-refractivity contribution in [1.29, 1.82) is 5.26 Å². The van der Waals surface area contributed by atoms with Crippen LogP contribution in [0.4, 0.5) is 9.59 Å². The van der Waals surface area contributed by atoms with Crippen LogP contribution in [-0.2, 0) is 27.2 Å². The van der Waals surface area contributed by atoms with Crippen molar-refractivity contribution < 1.29 is 36.8 Å². The van der Waals surface area contributed by atoms with E-state index in [0.29, 0.717) is 39.5 Å². The second-order valence-corrected chi connectivity index (χ2v) is 26.8. The van der Waals surface area contributed by atoms with Crippen molar-refractivity contribution in [3.8, 4) is 6.26 Å². The highest BCUT2D eigenvalue weighted by Gasteiger charge is 2.39. The normalized spacial score (nSPS) is 11.7. The van der Waals surface area contributed by atoms with Gasteiger partial charge in [0.15, 0.2) is 16.6 Å². The molecule has 284 valence electrons. The molecule has 0 unspecified atom stereocenters. The van der Waals surface area contributed by atoms with Crippen LogP contribution in [0.2, 0.25) is 51.4 Å². The van der Waals surface area contributed by atoms with Gasteiger partial charge in [-0.3, -0.25) is 0 Å². The average molecular weight is 745 g/mol. The number of hydrogen-bond donors (Lipinski definition) is 2. The third-order valence-corrected chi connectivity index (χ3v) is 19.4. The number of hydrogen-bond acceptors (Lipinski definition) is 10. The van der Waals surface area contributed by atoms with Gasteiger partial charge in [-0.25, -0.2) is 19.4 Å². The lowest BCUT2D eigenvalue weighted by Gasteiger charge is -2.39. The molecule has 49 heavy (non-hydrogen) atoms. The molecule has 0 aromatic heterocycles. The molecule has 2 N–H and O–H groups in total. The molecule has 0 aliphatic heterocycles. The number of ether oxygens (including phenoxy) is 3. The molecule has 0 radical (unpaired) electrons. The highest BCUT2D eigenvalue weighted by atomic mass is 28.5. The number of unbranched alkanes of at least 4 members (excludes halogenated alkanes) is 12. The molecule has 15 heteroatoms. The Kier molecular flexibility index (Phi) is 28.2. The lowest BCUT2D eigenvalue weighted by atomic mass is 10.2. The predicted octanol–water partition coefficient (Wildman–Crippen LogP) is 8.66. The molecule has 0 rings (SSSR count). The van der Waals surface area contributed by atoms with E-state index in [4.69, 9.17) is 23.0 Å². The molecule has 0 saturated carbocycles. The Morgan fingerprint density at radius 1 is 0.592 bits per heavy atom. The van der Waals surface area contributed by atoms with Crippen LogP contribution >= 0.6 is 0 Å². The molecular weight excluding hydrogens is 677 g/mol. The van der Waals surface area contributed by atoms with Gasteiger partial charge in [-0.2, -0.15) is 5.26 Å². The number of aliphatic imine (C=N–C) groups is 1. The number of isocyanates is 1. The number of alkyl carbamates (subject to hydrolysis) is 2. The predicted molar refractivity (Wildman–Crippen MR) is 201 cm³/mol. The number of rotatable bonds is 32. The van der Waals surface area contributed by atoms with E-state index in [2.05, 4.69) is 59.6 Å². The number of nitriles is 1. The molecule has 0 heterocycles. The summed E-state index contributed by atoms with van der Waals surface area (Å²) in [7, 11) is -5.97. The first-order valence-corrected chi connectivity index (χ1v) is 27.6. The standard InChI is InChI=1S/C34H68N4O8Si3/c1-47(2,29-21-13-11-19-27-43-33(40)37-24-16-8-7-15-23-36-32-39)45-49(5,6)46-48(3,4)30-22-14-12-20-28-44-34(41)38-25-17-9-10-18-26-42-31-35/h7-30H2,1-6H3,(H,37,40)(H,38,41). The molecule has 0 aliphatic carbocycles. The molecule has 0 saturated heterocycles. The Morgan fingerprint density at radius 3 is 1.45 bits per heavy atom. The number of carbonyl (C=O) groups excluding carboxylic acids is 3. The fraction of sp³-hybridized carbons (Fsp3) is 0.882. The number of carbonyl (C=O) groups is 2. The van der Waals surface area contributed by atoms with E-state index in [9.17, 15) is 14.4 Å². The van der Waals surface area contributed by atoms with E-state index in [0.717, 1.165) is 115 Å². The molecule has 0 fully saturated rings. The largest absolute Gasteiger partial charge is 0.450 e. The monoisotopic (exact) mass is 744 g/mol. The van der Waals surface area contributed by atoms with Gasteiger partial charge in [0.05, 0.1) is 19.8 Å². The molecule has 2 amide bonds. The molecule has 0 bridgehead atoms. The maximum atomic E-state index is 11.8. The first kappa shape index (κ1) is 46.8. The van der Waals surface area contributed by atoms with Crippen molar-refractivity contribution in [1.82, 2.24) is 10.6 Å². The minimum Gasteiger partial charge on any atom is -0.450 e. The minimum atomic E-state index is -2.25. The average Bonchev–Trinajstić information content (AvgIpc) is 3.01. The Hall–Kier alpha value is -2.22. The van der Waals surface area contributed by atoms with Crippen molar-refractivity contribution in [2.45, 2.75) is 154 Å². The number of nitrogens with one attached hydrogen (secondary N) is 2. The first-order chi connectivity index (χ1) is 23.3. The summed E-state index contributed by atoms with van der Waals surface area (Å²) in [5.74, 6) is 0. The summed E-state index contributed by atoms with van der Waals surface area (Å²) in [6.45, 7) is 16.6. The second kappa shape index (κ2) is 29.5. The summed E-state index contributed by atoms with van der Waals surface area (Å²) in [6, 6.07) is 2.19. The van der Waals surface area contributed by atoms with Gasteiger partial charge in [0.2, 0.25) is 6.08 Å². The molecule has 0 aliphatic rings. The summed E-state index contributed by atoms with van der Waals surface area (Å²) >= 11 is 0. The van der Waals surface area contributed by atoms with Crippen molar-refractivity contribution in [2.24, 2.45) is 4.99 Å². The summed E-state index contributed by atoms with van der Waals surface area (Å²) < 4.78 is 28.8. The quantitative estimate of drug-likeness (QED) is 0.0226.